The summed E-state index contributed by atoms with van der Waals surface area (Å²) >= 11 is 0. The molecular formula is C14H21N3O. The first-order valence-corrected chi connectivity index (χ1v) is 6.94. The third kappa shape index (κ3) is 1.75. The second kappa shape index (κ2) is 4.59. The molecule has 1 aromatic heterocycles. The standard InChI is InChI=1S/C14H21N3O/c1-3-5-11-10-8-15-9-12(10)17-13(16-11)14(18-2)6-4-7-14/h15H,3-9H2,1-2H3. The van der Waals surface area contributed by atoms with Crippen molar-refractivity contribution in [1.29, 1.82) is 0 Å². The van der Waals surface area contributed by atoms with E-state index in [1.165, 1.54) is 23.4 Å². The predicted molar refractivity (Wildman–Crippen MR) is 69.1 cm³/mol. The van der Waals surface area contributed by atoms with Crippen LogP contribution in [0.25, 0.3) is 0 Å². The molecule has 0 bridgehead atoms. The molecule has 1 saturated carbocycles. The Labute approximate surface area is 108 Å². The molecule has 3 rings (SSSR count). The highest BCUT2D eigenvalue weighted by molar-refractivity contribution is 5.31. The average molecular weight is 247 g/mol. The van der Waals surface area contributed by atoms with Crippen LogP contribution < -0.4 is 5.32 Å². The van der Waals surface area contributed by atoms with Gasteiger partial charge in [0, 0.05) is 31.5 Å². The highest BCUT2D eigenvalue weighted by atomic mass is 16.5. The molecule has 0 atom stereocenters. The van der Waals surface area contributed by atoms with Crippen LogP contribution in [0.3, 0.4) is 0 Å². The van der Waals surface area contributed by atoms with Gasteiger partial charge in [-0.2, -0.15) is 0 Å². The summed E-state index contributed by atoms with van der Waals surface area (Å²) in [5.41, 5.74) is 3.55. The largest absolute Gasteiger partial charge is 0.370 e. The van der Waals surface area contributed by atoms with Gasteiger partial charge in [0.05, 0.1) is 5.69 Å². The molecule has 2 heterocycles. The maximum Gasteiger partial charge on any atom is 0.160 e. The van der Waals surface area contributed by atoms with Crippen molar-refractivity contribution in [2.45, 2.75) is 57.7 Å². The Morgan fingerprint density at radius 1 is 1.28 bits per heavy atom. The van der Waals surface area contributed by atoms with Crippen molar-refractivity contribution in [3.05, 3.63) is 22.8 Å². The summed E-state index contributed by atoms with van der Waals surface area (Å²) in [5, 5.41) is 3.38. The van der Waals surface area contributed by atoms with E-state index in [2.05, 4.69) is 12.2 Å². The van der Waals surface area contributed by atoms with Crippen LogP contribution in [0.15, 0.2) is 0 Å². The number of aryl methyl sites for hydroxylation is 1. The van der Waals surface area contributed by atoms with Gasteiger partial charge >= 0.3 is 0 Å². The van der Waals surface area contributed by atoms with E-state index < -0.39 is 0 Å². The Morgan fingerprint density at radius 2 is 2.11 bits per heavy atom. The monoisotopic (exact) mass is 247 g/mol. The van der Waals surface area contributed by atoms with Gasteiger partial charge in [0.25, 0.3) is 0 Å². The Hall–Kier alpha value is -1.00. The zero-order valence-corrected chi connectivity index (χ0v) is 11.3. The van der Waals surface area contributed by atoms with Crippen LogP contribution in [0, 0.1) is 0 Å². The Bertz CT molecular complexity index is 449. The fraction of sp³-hybridized carbons (Fsp3) is 0.714. The molecule has 18 heavy (non-hydrogen) atoms. The van der Waals surface area contributed by atoms with Crippen molar-refractivity contribution in [2.24, 2.45) is 0 Å². The predicted octanol–water partition coefficient (Wildman–Crippen LogP) is 2.06. The summed E-state index contributed by atoms with van der Waals surface area (Å²) in [5.74, 6) is 0.919. The molecule has 2 aliphatic rings. The highest BCUT2D eigenvalue weighted by Gasteiger charge is 2.42. The lowest BCUT2D eigenvalue weighted by molar-refractivity contribution is -0.0849. The van der Waals surface area contributed by atoms with Gasteiger partial charge in [0.15, 0.2) is 5.82 Å². The molecule has 4 nitrogen and oxygen atoms in total. The minimum absolute atomic E-state index is 0.194. The summed E-state index contributed by atoms with van der Waals surface area (Å²) in [6, 6.07) is 0. The van der Waals surface area contributed by atoms with Gasteiger partial charge in [-0.15, -0.1) is 0 Å². The van der Waals surface area contributed by atoms with Crippen molar-refractivity contribution in [2.75, 3.05) is 7.11 Å². The molecule has 1 fully saturated rings. The number of aromatic nitrogens is 2. The number of fused-ring (bicyclic) bond motifs is 1. The van der Waals surface area contributed by atoms with Crippen LogP contribution in [0.1, 0.15) is 55.4 Å². The zero-order valence-electron chi connectivity index (χ0n) is 11.3. The molecule has 0 spiro atoms. The summed E-state index contributed by atoms with van der Waals surface area (Å²) in [6.07, 6.45) is 5.50. The highest BCUT2D eigenvalue weighted by Crippen LogP contribution is 2.43. The molecule has 1 aromatic rings. The normalized spacial score (nSPS) is 20.6. The molecule has 98 valence electrons. The van der Waals surface area contributed by atoms with Crippen LogP contribution in [-0.2, 0) is 29.8 Å². The summed E-state index contributed by atoms with van der Waals surface area (Å²) in [7, 11) is 1.79. The first kappa shape index (κ1) is 12.1. The molecule has 1 aliphatic carbocycles. The summed E-state index contributed by atoms with van der Waals surface area (Å²) in [6.45, 7) is 4.00. The molecule has 1 N–H and O–H groups in total. The van der Waals surface area contributed by atoms with Gasteiger partial charge in [-0.05, 0) is 25.7 Å². The lowest BCUT2D eigenvalue weighted by Crippen LogP contribution is -2.38. The SMILES string of the molecule is CCCc1nc(C2(OC)CCC2)nc2c1CNC2. The zero-order chi connectivity index (χ0) is 12.6. The van der Waals surface area contributed by atoms with E-state index in [1.54, 1.807) is 7.11 Å². The maximum absolute atomic E-state index is 5.71. The fourth-order valence-electron chi connectivity index (χ4n) is 2.90. The van der Waals surface area contributed by atoms with Crippen LogP contribution in [-0.4, -0.2) is 17.1 Å². The van der Waals surface area contributed by atoms with Crippen LogP contribution in [0.5, 0.6) is 0 Å². The number of nitrogens with zero attached hydrogens (tertiary/aromatic N) is 2. The Kier molecular flexibility index (Phi) is 3.08. The molecular weight excluding hydrogens is 226 g/mol. The van der Waals surface area contributed by atoms with Crippen LogP contribution in [0.2, 0.25) is 0 Å². The summed E-state index contributed by atoms with van der Waals surface area (Å²) < 4.78 is 5.71. The van der Waals surface area contributed by atoms with Gasteiger partial charge in [-0.3, -0.25) is 0 Å². The van der Waals surface area contributed by atoms with E-state index in [0.717, 1.165) is 44.6 Å². The first-order chi connectivity index (χ1) is 8.79. The van der Waals surface area contributed by atoms with Crippen molar-refractivity contribution >= 4 is 0 Å². The average Bonchev–Trinajstić information content (AvgIpc) is 2.77. The van der Waals surface area contributed by atoms with Crippen molar-refractivity contribution in [3.63, 3.8) is 0 Å². The lowest BCUT2D eigenvalue weighted by atomic mass is 9.79. The topological polar surface area (TPSA) is 47.0 Å². The second-order valence-electron chi connectivity index (χ2n) is 5.32. The Balaban J connectivity index is 2.03. The van der Waals surface area contributed by atoms with E-state index in [-0.39, 0.29) is 5.60 Å². The van der Waals surface area contributed by atoms with E-state index in [0.29, 0.717) is 0 Å². The number of ether oxygens (including phenoxy) is 1. The van der Waals surface area contributed by atoms with E-state index in [4.69, 9.17) is 14.7 Å². The summed E-state index contributed by atoms with van der Waals surface area (Å²) in [4.78, 5) is 9.59. The van der Waals surface area contributed by atoms with Crippen molar-refractivity contribution < 1.29 is 4.74 Å². The van der Waals surface area contributed by atoms with E-state index >= 15 is 0 Å². The third-order valence-electron chi connectivity index (χ3n) is 4.22. The van der Waals surface area contributed by atoms with Crippen LogP contribution in [0.4, 0.5) is 0 Å². The van der Waals surface area contributed by atoms with Gasteiger partial charge < -0.3 is 10.1 Å². The van der Waals surface area contributed by atoms with Gasteiger partial charge in [-0.1, -0.05) is 13.3 Å². The fourth-order valence-corrected chi connectivity index (χ4v) is 2.90. The number of nitrogens with one attached hydrogen (secondary N) is 1. The van der Waals surface area contributed by atoms with Crippen molar-refractivity contribution in [3.8, 4) is 0 Å². The minimum atomic E-state index is -0.194. The molecule has 0 amide bonds. The molecule has 0 saturated heterocycles. The molecule has 0 unspecified atom stereocenters. The van der Waals surface area contributed by atoms with E-state index in [9.17, 15) is 0 Å². The number of rotatable bonds is 4. The van der Waals surface area contributed by atoms with Gasteiger partial charge in [-0.25, -0.2) is 9.97 Å². The first-order valence-electron chi connectivity index (χ1n) is 6.94. The molecule has 0 radical (unpaired) electrons. The number of methoxy groups -OCH3 is 1. The lowest BCUT2D eigenvalue weighted by Gasteiger charge is -2.39. The molecule has 0 aromatic carbocycles. The second-order valence-corrected chi connectivity index (χ2v) is 5.32. The maximum atomic E-state index is 5.71. The van der Waals surface area contributed by atoms with Crippen molar-refractivity contribution in [1.82, 2.24) is 15.3 Å². The third-order valence-corrected chi connectivity index (χ3v) is 4.22. The molecule has 1 aliphatic heterocycles. The van der Waals surface area contributed by atoms with Gasteiger partial charge in [0.1, 0.15) is 5.60 Å². The van der Waals surface area contributed by atoms with E-state index in [1.807, 2.05) is 0 Å². The minimum Gasteiger partial charge on any atom is -0.370 e. The number of hydrogen-bond acceptors (Lipinski definition) is 4. The molecule has 4 heteroatoms. The smallest absolute Gasteiger partial charge is 0.160 e. The number of hydrogen-bond donors (Lipinski definition) is 1. The van der Waals surface area contributed by atoms with Crippen LogP contribution >= 0.6 is 0 Å². The quantitative estimate of drug-likeness (QED) is 0.884. The Morgan fingerprint density at radius 3 is 2.72 bits per heavy atom. The van der Waals surface area contributed by atoms with Gasteiger partial charge in [0.2, 0.25) is 0 Å².